The van der Waals surface area contributed by atoms with Gasteiger partial charge in [-0.1, -0.05) is 24.3 Å². The Hall–Kier alpha value is -2.98. The molecule has 0 spiro atoms. The highest BCUT2D eigenvalue weighted by Gasteiger charge is 2.43. The maximum atomic E-state index is 15.7. The van der Waals surface area contributed by atoms with Gasteiger partial charge in [0.1, 0.15) is 29.7 Å². The topological polar surface area (TPSA) is 59.0 Å². The average molecular weight is 568 g/mol. The van der Waals surface area contributed by atoms with Crippen molar-refractivity contribution in [3.8, 4) is 5.75 Å². The van der Waals surface area contributed by atoms with Gasteiger partial charge in [-0.25, -0.2) is 26.7 Å². The van der Waals surface area contributed by atoms with Gasteiger partial charge in [-0.2, -0.15) is 0 Å². The second kappa shape index (κ2) is 11.9. The molecule has 0 bridgehead atoms. The molecule has 0 amide bonds. The minimum atomic E-state index is -3.21. The van der Waals surface area contributed by atoms with Crippen LogP contribution < -0.4 is 4.74 Å². The number of alkyl halides is 3. The maximum absolute atomic E-state index is 15.7. The summed E-state index contributed by atoms with van der Waals surface area (Å²) in [5, 5.41) is 8.51. The van der Waals surface area contributed by atoms with E-state index in [0.717, 1.165) is 34.4 Å². The summed E-state index contributed by atoms with van der Waals surface area (Å²) in [6, 6.07) is 8.74. The molecular weight excluding hydrogens is 533 g/mol. The Morgan fingerprint density at radius 1 is 1.07 bits per heavy atom. The summed E-state index contributed by atoms with van der Waals surface area (Å²) >= 11 is 0. The molecule has 5 nitrogen and oxygen atoms in total. The fraction of sp³-hybridized carbons (Fsp3) is 0.500. The van der Waals surface area contributed by atoms with Gasteiger partial charge in [-0.3, -0.25) is 4.90 Å². The number of carboxylic acid groups (broad SMARTS) is 1. The molecule has 1 N–H and O–H groups in total. The van der Waals surface area contributed by atoms with Gasteiger partial charge in [0, 0.05) is 43.1 Å². The van der Waals surface area contributed by atoms with Crippen LogP contribution in [0.4, 0.5) is 22.0 Å². The molecule has 1 aliphatic carbocycles. The Morgan fingerprint density at radius 3 is 2.38 bits per heavy atom. The molecule has 0 saturated heterocycles. The lowest BCUT2D eigenvalue weighted by molar-refractivity contribution is -0.143. The maximum Gasteiger partial charge on any atom is 0.329 e. The lowest BCUT2D eigenvalue weighted by Crippen LogP contribution is -2.47. The van der Waals surface area contributed by atoms with Crippen molar-refractivity contribution in [1.82, 2.24) is 4.90 Å². The first-order valence-electron chi connectivity index (χ1n) is 13.3. The number of hydrogen-bond acceptors (Lipinski definition) is 4. The number of ether oxygens (including phenoxy) is 2. The third-order valence-electron chi connectivity index (χ3n) is 7.30. The summed E-state index contributed by atoms with van der Waals surface area (Å²) in [4.78, 5) is 12.2. The highest BCUT2D eigenvalue weighted by atomic mass is 19.3. The van der Waals surface area contributed by atoms with E-state index in [9.17, 15) is 18.0 Å². The molecule has 2 aliphatic rings. The zero-order valence-corrected chi connectivity index (χ0v) is 22.8. The van der Waals surface area contributed by atoms with Crippen LogP contribution in [0.5, 0.6) is 5.75 Å². The Kier molecular flexibility index (Phi) is 8.89. The van der Waals surface area contributed by atoms with Crippen LogP contribution in [-0.2, 0) is 16.0 Å². The van der Waals surface area contributed by atoms with E-state index >= 15 is 8.78 Å². The predicted octanol–water partition coefficient (Wildman–Crippen LogP) is 6.75. The number of aliphatic carboxylic acids is 1. The van der Waals surface area contributed by atoms with Crippen molar-refractivity contribution in [2.75, 3.05) is 26.4 Å². The van der Waals surface area contributed by atoms with Gasteiger partial charge in [0.25, 0.3) is 5.92 Å². The van der Waals surface area contributed by atoms with E-state index < -0.39 is 67.9 Å². The van der Waals surface area contributed by atoms with Crippen molar-refractivity contribution in [2.45, 2.75) is 70.1 Å². The lowest BCUT2D eigenvalue weighted by Gasteiger charge is -2.44. The highest BCUT2D eigenvalue weighted by Crippen LogP contribution is 2.50. The smallest absolute Gasteiger partial charge is 0.329 e. The van der Waals surface area contributed by atoms with Gasteiger partial charge in [-0.15, -0.1) is 0 Å². The molecule has 0 aromatic heterocycles. The second-order valence-electron chi connectivity index (χ2n) is 11.1. The number of hydrogen-bond donors (Lipinski definition) is 1. The Balaban J connectivity index is 1.55. The molecule has 4 rings (SSSR count). The summed E-state index contributed by atoms with van der Waals surface area (Å²) in [5.41, 5.74) is 2.12. The number of carboxylic acids is 1. The first-order chi connectivity index (χ1) is 18.8. The third kappa shape index (κ3) is 7.01. The van der Waals surface area contributed by atoms with Gasteiger partial charge < -0.3 is 14.6 Å². The number of halogens is 5. The van der Waals surface area contributed by atoms with Crippen LogP contribution in [0.25, 0.3) is 5.57 Å². The normalized spacial score (nSPS) is 19.5. The van der Waals surface area contributed by atoms with Crippen LogP contribution in [0.3, 0.4) is 0 Å². The Labute approximate surface area is 230 Å². The van der Waals surface area contributed by atoms with E-state index in [1.54, 1.807) is 4.90 Å². The summed E-state index contributed by atoms with van der Waals surface area (Å²) in [6.45, 7) is 3.10. The van der Waals surface area contributed by atoms with Crippen molar-refractivity contribution in [1.29, 1.82) is 0 Å². The lowest BCUT2D eigenvalue weighted by atomic mass is 9.84. The van der Waals surface area contributed by atoms with Crippen LogP contribution in [0.1, 0.15) is 62.8 Å². The molecule has 218 valence electrons. The van der Waals surface area contributed by atoms with Gasteiger partial charge in [0.05, 0.1) is 19.3 Å². The second-order valence-corrected chi connectivity index (χ2v) is 11.1. The first kappa shape index (κ1) is 30.0. The predicted molar refractivity (Wildman–Crippen MR) is 140 cm³/mol. The van der Waals surface area contributed by atoms with Gasteiger partial charge >= 0.3 is 5.97 Å². The molecule has 1 heterocycles. The molecule has 2 aromatic carbocycles. The largest absolute Gasteiger partial charge is 0.493 e. The molecule has 10 heteroatoms. The highest BCUT2D eigenvalue weighted by molar-refractivity contribution is 5.79. The number of benzene rings is 2. The fourth-order valence-corrected chi connectivity index (χ4v) is 5.57. The van der Waals surface area contributed by atoms with Crippen LogP contribution in [-0.4, -0.2) is 60.0 Å². The SMILES string of the molecule is C[C@@H]1CC2=C(Cc3ccccc32)[C@@H](c2c(F)cc(OCCC(F)(F)CCOCC(=O)O)cc2F)N1CC(C)(C)F. The molecular formula is C30H34F5NO4. The molecule has 1 aliphatic heterocycles. The zero-order valence-electron chi connectivity index (χ0n) is 22.8. The van der Waals surface area contributed by atoms with Crippen LogP contribution >= 0.6 is 0 Å². The fourth-order valence-electron chi connectivity index (χ4n) is 5.57. The summed E-state index contributed by atoms with van der Waals surface area (Å²) in [6.07, 6.45) is -0.346. The molecule has 2 aromatic rings. The quantitative estimate of drug-likeness (QED) is 0.227. The Morgan fingerprint density at radius 2 is 1.73 bits per heavy atom. The first-order valence-corrected chi connectivity index (χ1v) is 13.3. The van der Waals surface area contributed by atoms with Crippen LogP contribution in [0.2, 0.25) is 0 Å². The van der Waals surface area contributed by atoms with E-state index in [-0.39, 0.29) is 23.9 Å². The van der Waals surface area contributed by atoms with E-state index in [1.165, 1.54) is 13.8 Å². The zero-order chi connectivity index (χ0) is 29.2. The van der Waals surface area contributed by atoms with Crippen LogP contribution in [0, 0.1) is 11.6 Å². The molecule has 0 fully saturated rings. The van der Waals surface area contributed by atoms with E-state index in [1.807, 2.05) is 31.2 Å². The summed E-state index contributed by atoms with van der Waals surface area (Å²) in [7, 11) is 0. The number of nitrogens with zero attached hydrogens (tertiary/aromatic N) is 1. The van der Waals surface area contributed by atoms with Crippen molar-refractivity contribution >= 4 is 11.5 Å². The molecule has 40 heavy (non-hydrogen) atoms. The van der Waals surface area contributed by atoms with Gasteiger partial charge in [0.2, 0.25) is 0 Å². The molecule has 2 atom stereocenters. The molecule has 0 saturated carbocycles. The number of carbonyl (C=O) groups is 1. The summed E-state index contributed by atoms with van der Waals surface area (Å²) in [5.74, 6) is -6.50. The van der Waals surface area contributed by atoms with Crippen molar-refractivity contribution in [3.63, 3.8) is 0 Å². The van der Waals surface area contributed by atoms with Gasteiger partial charge in [0.15, 0.2) is 0 Å². The number of rotatable bonds is 12. The minimum Gasteiger partial charge on any atom is -0.493 e. The van der Waals surface area contributed by atoms with Crippen LogP contribution in [0.15, 0.2) is 42.0 Å². The van der Waals surface area contributed by atoms with Crippen molar-refractivity contribution in [2.24, 2.45) is 0 Å². The van der Waals surface area contributed by atoms with Gasteiger partial charge in [-0.05, 0) is 55.9 Å². The molecule has 0 radical (unpaired) electrons. The van der Waals surface area contributed by atoms with E-state index in [0.29, 0.717) is 12.8 Å². The van der Waals surface area contributed by atoms with E-state index in [4.69, 9.17) is 9.84 Å². The standard InChI is InChI=1S/C30H34F5NO4/c1-18-12-22-21-7-5-4-6-19(21)13-23(22)28(36(18)17-29(2,3)33)27-24(31)14-20(15-25(27)32)40-11-9-30(34,35)8-10-39-16-26(37)38/h4-7,14-15,18,28H,8-13,16-17H2,1-3H3,(H,37,38)/t18-,28+/m1/s1. The average Bonchev–Trinajstić information content (AvgIpc) is 3.20. The summed E-state index contributed by atoms with van der Waals surface area (Å²) < 4.78 is 84.3. The Bertz CT molecular complexity index is 1250. The minimum absolute atomic E-state index is 0.0334. The van der Waals surface area contributed by atoms with Crippen molar-refractivity contribution in [3.05, 3.63) is 70.3 Å². The monoisotopic (exact) mass is 567 g/mol. The third-order valence-corrected chi connectivity index (χ3v) is 7.30. The number of fused-ring (bicyclic) bond motifs is 2. The van der Waals surface area contributed by atoms with Crippen molar-refractivity contribution < 1.29 is 41.3 Å². The molecule has 0 unspecified atom stereocenters. The van der Waals surface area contributed by atoms with E-state index in [2.05, 4.69) is 4.74 Å².